The molecule has 0 bridgehead atoms. The molecule has 288 valence electrons. The Morgan fingerprint density at radius 2 is 1.48 bits per heavy atom. The Morgan fingerprint density at radius 3 is 2.09 bits per heavy atom. The Labute approximate surface area is 322 Å². The first-order valence-electron chi connectivity index (χ1n) is 19.2. The van der Waals surface area contributed by atoms with Gasteiger partial charge in [0, 0.05) is 23.6 Å². The summed E-state index contributed by atoms with van der Waals surface area (Å²) in [6.07, 6.45) is 0.702. The quantitative estimate of drug-likeness (QED) is 0.163. The predicted molar refractivity (Wildman–Crippen MR) is 215 cm³/mol. The fourth-order valence-corrected chi connectivity index (χ4v) is 12.2. The van der Waals surface area contributed by atoms with Gasteiger partial charge in [0.25, 0.3) is 17.0 Å². The van der Waals surface area contributed by atoms with E-state index in [4.69, 9.17) is 4.74 Å². The molecule has 9 rings (SSSR count). The Morgan fingerprint density at radius 1 is 0.875 bits per heavy atom. The highest BCUT2D eigenvalue weighted by atomic mass is 28.4. The summed E-state index contributed by atoms with van der Waals surface area (Å²) in [6, 6.07) is 27.2. The van der Waals surface area contributed by atoms with Crippen LogP contribution in [-0.2, 0) is 26.5 Å². The summed E-state index contributed by atoms with van der Waals surface area (Å²) in [5.41, 5.74) is 2.08. The van der Waals surface area contributed by atoms with Crippen LogP contribution in [0.25, 0.3) is 33.2 Å². The summed E-state index contributed by atoms with van der Waals surface area (Å²) < 4.78 is 9.95. The second-order valence-electron chi connectivity index (χ2n) is 16.0. The normalized spacial score (nSPS) is 23.6. The monoisotopic (exact) mass is 772 g/mol. The molecule has 2 fully saturated rings. The zero-order valence-corrected chi connectivity index (χ0v) is 32.4. The lowest BCUT2D eigenvalue weighted by atomic mass is 9.82. The van der Waals surface area contributed by atoms with Crippen molar-refractivity contribution in [2.45, 2.75) is 69.1 Å². The standard InChI is InChI=1S/C42H44N6O7Si/c1-25-38(56(2,3)54)36(22-37(50)45-20-8-9-29(45)24-49)55-42(25)32-21-28(48-40(52)31-11-5-7-13-34(31)44-48)18-19-35(32)46(41(42)53)23-26-14-16-27(17-15-26)47-39(51)30-10-4-6-12-33(30)43-47/h4-7,10-19,21,25,29,36,38,43-44,49,54H,8-9,20,22-24H2,1-3H3/t25-,29-,36+,38-,42+/m0/s1. The third-order valence-corrected chi connectivity index (χ3v) is 14.7. The van der Waals surface area contributed by atoms with E-state index in [1.807, 2.05) is 92.8 Å². The molecule has 2 amide bonds. The molecule has 3 aliphatic rings. The molecule has 3 aliphatic heterocycles. The zero-order chi connectivity index (χ0) is 39.1. The molecular formula is C42H44N6O7Si. The van der Waals surface area contributed by atoms with E-state index in [0.29, 0.717) is 51.9 Å². The Bertz CT molecular complexity index is 2640. The number of aliphatic hydroxyl groups excluding tert-OH is 1. The van der Waals surface area contributed by atoms with Gasteiger partial charge in [-0.25, -0.2) is 9.36 Å². The van der Waals surface area contributed by atoms with Crippen molar-refractivity contribution in [2.75, 3.05) is 18.1 Å². The van der Waals surface area contributed by atoms with E-state index < -0.39 is 31.5 Å². The lowest BCUT2D eigenvalue weighted by molar-refractivity contribution is -0.150. The van der Waals surface area contributed by atoms with Crippen LogP contribution in [0.1, 0.15) is 37.3 Å². The van der Waals surface area contributed by atoms with Crippen LogP contribution in [0.4, 0.5) is 5.69 Å². The number of nitrogens with one attached hydrogen (secondary N) is 2. The second-order valence-corrected chi connectivity index (χ2v) is 20.0. The van der Waals surface area contributed by atoms with E-state index in [9.17, 15) is 24.3 Å². The smallest absolute Gasteiger partial charge is 0.279 e. The zero-order valence-electron chi connectivity index (χ0n) is 31.4. The molecule has 5 atom stereocenters. The van der Waals surface area contributed by atoms with Crippen molar-refractivity contribution in [1.82, 2.24) is 24.5 Å². The lowest BCUT2D eigenvalue weighted by Gasteiger charge is -2.33. The number of carbonyl (C=O) groups is 2. The number of benzene rings is 4. The number of fused-ring (bicyclic) bond motifs is 4. The molecule has 0 aliphatic carbocycles. The second kappa shape index (κ2) is 13.3. The van der Waals surface area contributed by atoms with Gasteiger partial charge in [-0.05, 0) is 86.1 Å². The van der Waals surface area contributed by atoms with Crippen molar-refractivity contribution >= 4 is 47.6 Å². The molecule has 0 radical (unpaired) electrons. The van der Waals surface area contributed by atoms with Gasteiger partial charge in [0.15, 0.2) is 13.9 Å². The number of hydrogen-bond acceptors (Lipinski definition) is 7. The minimum absolute atomic E-state index is 0.0391. The van der Waals surface area contributed by atoms with Crippen molar-refractivity contribution < 1.29 is 24.2 Å². The summed E-state index contributed by atoms with van der Waals surface area (Å²) >= 11 is 0. The number of carbonyl (C=O) groups excluding carboxylic acids is 2. The number of aliphatic hydroxyl groups is 1. The summed E-state index contributed by atoms with van der Waals surface area (Å²) in [4.78, 5) is 71.1. The number of anilines is 1. The largest absolute Gasteiger partial charge is 0.432 e. The van der Waals surface area contributed by atoms with Crippen LogP contribution in [0.2, 0.25) is 18.6 Å². The van der Waals surface area contributed by atoms with Gasteiger partial charge in [0.05, 0.1) is 70.6 Å². The SMILES string of the molecule is C[C@H]1[C@H]([Si](C)(C)O)[C@@H](CC(=O)N2CCC[C@H]2CO)O[C@]12C(=O)N(Cc1ccc(-n3[nH]c4ccccc4c3=O)cc1)c1ccc(-n3[nH]c4ccccc4c3=O)cc12. The number of nitrogens with zero attached hydrogens (tertiary/aromatic N) is 4. The van der Waals surface area contributed by atoms with Crippen LogP contribution < -0.4 is 16.0 Å². The highest BCUT2D eigenvalue weighted by molar-refractivity contribution is 6.71. The number of aromatic amines is 2. The molecular weight excluding hydrogens is 729 g/mol. The molecule has 56 heavy (non-hydrogen) atoms. The van der Waals surface area contributed by atoms with Crippen LogP contribution in [0.15, 0.2) is 101 Å². The van der Waals surface area contributed by atoms with Crippen molar-refractivity contribution in [1.29, 1.82) is 0 Å². The molecule has 14 heteroatoms. The minimum Gasteiger partial charge on any atom is -0.432 e. The van der Waals surface area contributed by atoms with E-state index in [1.54, 1.807) is 28.0 Å². The van der Waals surface area contributed by atoms with E-state index in [-0.39, 0.29) is 48.5 Å². The van der Waals surface area contributed by atoms with E-state index in [2.05, 4.69) is 10.2 Å². The molecule has 1 spiro atoms. The summed E-state index contributed by atoms with van der Waals surface area (Å²) in [5.74, 6) is -1.03. The number of hydrogen-bond donors (Lipinski definition) is 4. The molecule has 2 aromatic heterocycles. The molecule has 13 nitrogen and oxygen atoms in total. The first-order valence-corrected chi connectivity index (χ1v) is 22.2. The average molecular weight is 773 g/mol. The third-order valence-electron chi connectivity index (χ3n) is 12.2. The molecule has 0 unspecified atom stereocenters. The van der Waals surface area contributed by atoms with Crippen molar-refractivity contribution in [2.24, 2.45) is 5.92 Å². The van der Waals surface area contributed by atoms with Crippen LogP contribution in [0.3, 0.4) is 0 Å². The van der Waals surface area contributed by atoms with Gasteiger partial charge in [0.2, 0.25) is 5.91 Å². The van der Waals surface area contributed by atoms with Gasteiger partial charge in [0.1, 0.15) is 0 Å². The van der Waals surface area contributed by atoms with Crippen LogP contribution in [-0.4, -0.2) is 79.8 Å². The number of H-pyrrole nitrogens is 2. The molecule has 6 aromatic rings. The number of para-hydroxylation sites is 2. The summed E-state index contributed by atoms with van der Waals surface area (Å²) in [5, 5.41) is 17.4. The maximum Gasteiger partial charge on any atom is 0.279 e. The number of likely N-dealkylation sites (tertiary alicyclic amines) is 1. The van der Waals surface area contributed by atoms with Gasteiger partial charge in [-0.2, -0.15) is 0 Å². The molecule has 5 heterocycles. The van der Waals surface area contributed by atoms with Gasteiger partial charge >= 0.3 is 0 Å². The maximum absolute atomic E-state index is 15.2. The molecule has 0 saturated carbocycles. The highest BCUT2D eigenvalue weighted by Gasteiger charge is 2.66. The predicted octanol–water partition coefficient (Wildman–Crippen LogP) is 4.67. The van der Waals surface area contributed by atoms with Crippen LogP contribution in [0.5, 0.6) is 0 Å². The van der Waals surface area contributed by atoms with Crippen LogP contribution in [0, 0.1) is 5.92 Å². The topological polar surface area (TPSA) is 166 Å². The maximum atomic E-state index is 15.2. The molecule has 2 saturated heterocycles. The van der Waals surface area contributed by atoms with Gasteiger partial charge in [-0.3, -0.25) is 29.4 Å². The third kappa shape index (κ3) is 5.53. The van der Waals surface area contributed by atoms with Gasteiger partial charge in [-0.1, -0.05) is 43.3 Å². The number of ether oxygens (including phenoxy) is 1. The van der Waals surface area contributed by atoms with Crippen LogP contribution >= 0.6 is 0 Å². The molecule has 4 aromatic carbocycles. The Kier molecular flexibility index (Phi) is 8.57. The van der Waals surface area contributed by atoms with E-state index >= 15 is 4.79 Å². The highest BCUT2D eigenvalue weighted by Crippen LogP contribution is 2.60. The van der Waals surface area contributed by atoms with Gasteiger partial charge < -0.3 is 24.4 Å². The van der Waals surface area contributed by atoms with Crippen molar-refractivity contribution in [3.8, 4) is 11.4 Å². The van der Waals surface area contributed by atoms with E-state index in [0.717, 1.165) is 17.5 Å². The van der Waals surface area contributed by atoms with Crippen molar-refractivity contribution in [3.63, 3.8) is 0 Å². The number of aromatic nitrogens is 4. The Hall–Kier alpha value is -5.54. The molecule has 4 N–H and O–H groups in total. The average Bonchev–Trinajstić information content (AvgIpc) is 3.99. The fourth-order valence-electron chi connectivity index (χ4n) is 9.62. The van der Waals surface area contributed by atoms with Crippen molar-refractivity contribution in [3.05, 3.63) is 123 Å². The number of rotatable bonds is 8. The number of amides is 2. The Balaban J connectivity index is 1.12. The summed E-state index contributed by atoms with van der Waals surface area (Å²) in [7, 11) is -3.10. The van der Waals surface area contributed by atoms with E-state index in [1.165, 1.54) is 9.36 Å². The lowest BCUT2D eigenvalue weighted by Crippen LogP contribution is -2.46. The fraction of sp³-hybridized carbons (Fsp3) is 0.333. The van der Waals surface area contributed by atoms with Gasteiger partial charge in [-0.15, -0.1) is 0 Å². The first-order chi connectivity index (χ1) is 26.9. The minimum atomic E-state index is -3.10. The first kappa shape index (κ1) is 36.1. The summed E-state index contributed by atoms with van der Waals surface area (Å²) in [6.45, 7) is 6.15.